The number of unbranched alkanes of at least 4 members (excludes halogenated alkanes) is 4. The number of carbonyl (C=O) groups excluding carboxylic acids is 1. The van der Waals surface area contributed by atoms with Crippen molar-refractivity contribution in [2.24, 2.45) is 0 Å². The van der Waals surface area contributed by atoms with Crippen molar-refractivity contribution in [1.29, 1.82) is 0 Å². The van der Waals surface area contributed by atoms with Gasteiger partial charge in [0.25, 0.3) is 5.09 Å². The highest BCUT2D eigenvalue weighted by Gasteiger charge is 2.05. The average molecular weight is 310 g/mol. The zero-order chi connectivity index (χ0) is 16.2. The third kappa shape index (κ3) is 8.08. The Kier molecular flexibility index (Phi) is 8.40. The standard InChI is InChI=1S/C15H22N2O5/c1-2-3-4-5-6-10-16-15(18)22-14-9-7-8-13(11-14)12-21-17(19)20/h7-9,11H,2-6,10,12H2,1H3,(H,16,18). The number of carbonyl (C=O) groups is 1. The maximum Gasteiger partial charge on any atom is 0.412 e. The van der Waals surface area contributed by atoms with Gasteiger partial charge in [0.1, 0.15) is 12.4 Å². The summed E-state index contributed by atoms with van der Waals surface area (Å²) in [6, 6.07) is 6.44. The van der Waals surface area contributed by atoms with Crippen molar-refractivity contribution < 1.29 is 19.5 Å². The van der Waals surface area contributed by atoms with Crippen molar-refractivity contribution in [1.82, 2.24) is 5.32 Å². The van der Waals surface area contributed by atoms with Crippen LogP contribution in [0.2, 0.25) is 0 Å². The molecule has 0 bridgehead atoms. The molecule has 122 valence electrons. The SMILES string of the molecule is CCCCCCCNC(=O)Oc1cccc(CO[N+](=O)[O-])c1. The molecule has 1 amide bonds. The van der Waals surface area contributed by atoms with E-state index in [9.17, 15) is 14.9 Å². The van der Waals surface area contributed by atoms with E-state index in [-0.39, 0.29) is 6.61 Å². The normalized spacial score (nSPS) is 10.0. The van der Waals surface area contributed by atoms with Gasteiger partial charge in [0, 0.05) is 6.54 Å². The molecule has 0 aliphatic carbocycles. The van der Waals surface area contributed by atoms with Crippen LogP contribution in [-0.2, 0) is 11.4 Å². The number of nitrogens with one attached hydrogen (secondary N) is 1. The van der Waals surface area contributed by atoms with Crippen LogP contribution < -0.4 is 10.1 Å². The predicted octanol–water partition coefficient (Wildman–Crippen LogP) is 3.45. The zero-order valence-corrected chi connectivity index (χ0v) is 12.7. The quantitative estimate of drug-likeness (QED) is 0.406. The fourth-order valence-electron chi connectivity index (χ4n) is 1.89. The van der Waals surface area contributed by atoms with Gasteiger partial charge in [0.15, 0.2) is 0 Å². The molecule has 0 fully saturated rings. The number of rotatable bonds is 10. The lowest BCUT2D eigenvalue weighted by Crippen LogP contribution is -2.27. The molecule has 1 rings (SSSR count). The van der Waals surface area contributed by atoms with Crippen molar-refractivity contribution in [3.63, 3.8) is 0 Å². The maximum absolute atomic E-state index is 11.6. The van der Waals surface area contributed by atoms with Crippen LogP contribution in [-0.4, -0.2) is 17.7 Å². The summed E-state index contributed by atoms with van der Waals surface area (Å²) in [5, 5.41) is 12.0. The smallest absolute Gasteiger partial charge is 0.410 e. The number of benzene rings is 1. The van der Waals surface area contributed by atoms with Gasteiger partial charge in [-0.1, -0.05) is 44.7 Å². The van der Waals surface area contributed by atoms with E-state index in [0.29, 0.717) is 17.9 Å². The molecule has 22 heavy (non-hydrogen) atoms. The summed E-state index contributed by atoms with van der Waals surface area (Å²) in [6.07, 6.45) is 5.05. The van der Waals surface area contributed by atoms with Gasteiger partial charge >= 0.3 is 6.09 Å². The van der Waals surface area contributed by atoms with Crippen LogP contribution in [0.3, 0.4) is 0 Å². The van der Waals surface area contributed by atoms with Crippen LogP contribution in [0.15, 0.2) is 24.3 Å². The molecule has 0 atom stereocenters. The zero-order valence-electron chi connectivity index (χ0n) is 12.7. The molecule has 0 aliphatic heterocycles. The monoisotopic (exact) mass is 310 g/mol. The van der Waals surface area contributed by atoms with Crippen molar-refractivity contribution in [2.75, 3.05) is 6.54 Å². The molecule has 1 N–H and O–H groups in total. The third-order valence-electron chi connectivity index (χ3n) is 3.00. The second-order valence-electron chi connectivity index (χ2n) is 4.87. The Morgan fingerprint density at radius 1 is 1.27 bits per heavy atom. The number of hydrogen-bond acceptors (Lipinski definition) is 5. The van der Waals surface area contributed by atoms with Crippen molar-refractivity contribution >= 4 is 6.09 Å². The van der Waals surface area contributed by atoms with E-state index >= 15 is 0 Å². The van der Waals surface area contributed by atoms with Gasteiger partial charge in [0.05, 0.1) is 0 Å². The van der Waals surface area contributed by atoms with Gasteiger partial charge in [-0.3, -0.25) is 0 Å². The van der Waals surface area contributed by atoms with Crippen molar-refractivity contribution in [3.8, 4) is 5.75 Å². The van der Waals surface area contributed by atoms with E-state index in [1.165, 1.54) is 25.3 Å². The van der Waals surface area contributed by atoms with E-state index < -0.39 is 11.2 Å². The topological polar surface area (TPSA) is 90.7 Å². The van der Waals surface area contributed by atoms with Gasteiger partial charge < -0.3 is 14.9 Å². The van der Waals surface area contributed by atoms with E-state index in [2.05, 4.69) is 17.1 Å². The Balaban J connectivity index is 2.28. The molecule has 0 heterocycles. The van der Waals surface area contributed by atoms with E-state index in [4.69, 9.17) is 4.74 Å². The highest BCUT2D eigenvalue weighted by molar-refractivity contribution is 5.70. The minimum Gasteiger partial charge on any atom is -0.410 e. The molecule has 0 aliphatic rings. The summed E-state index contributed by atoms with van der Waals surface area (Å²) in [5.41, 5.74) is 0.557. The first-order chi connectivity index (χ1) is 10.6. The fourth-order valence-corrected chi connectivity index (χ4v) is 1.89. The molecular formula is C15H22N2O5. The lowest BCUT2D eigenvalue weighted by molar-refractivity contribution is -0.763. The number of nitrogens with zero attached hydrogens (tertiary/aromatic N) is 1. The first kappa shape index (κ1) is 17.7. The number of ether oxygens (including phenoxy) is 1. The molecule has 0 unspecified atom stereocenters. The molecule has 0 saturated heterocycles. The number of hydrogen-bond donors (Lipinski definition) is 1. The summed E-state index contributed by atoms with van der Waals surface area (Å²) < 4.78 is 5.11. The molecule has 1 aromatic carbocycles. The van der Waals surface area contributed by atoms with Gasteiger partial charge in [0.2, 0.25) is 0 Å². The Bertz CT molecular complexity index is 479. The average Bonchev–Trinajstić information content (AvgIpc) is 2.49. The Morgan fingerprint density at radius 3 is 2.77 bits per heavy atom. The maximum atomic E-state index is 11.6. The van der Waals surface area contributed by atoms with Crippen LogP contribution in [0, 0.1) is 10.1 Å². The highest BCUT2D eigenvalue weighted by Crippen LogP contribution is 2.14. The van der Waals surface area contributed by atoms with Gasteiger partial charge in [-0.25, -0.2) is 4.79 Å². The molecule has 1 aromatic rings. The lowest BCUT2D eigenvalue weighted by Gasteiger charge is -2.08. The largest absolute Gasteiger partial charge is 0.412 e. The Morgan fingerprint density at radius 2 is 2.05 bits per heavy atom. The van der Waals surface area contributed by atoms with Crippen LogP contribution in [0.1, 0.15) is 44.6 Å². The van der Waals surface area contributed by atoms with Crippen LogP contribution in [0.4, 0.5) is 4.79 Å². The first-order valence-corrected chi connectivity index (χ1v) is 7.43. The summed E-state index contributed by atoms with van der Waals surface area (Å²) in [6.45, 7) is 2.55. The summed E-state index contributed by atoms with van der Waals surface area (Å²) in [7, 11) is 0. The number of amides is 1. The Hall–Kier alpha value is -2.31. The Labute approximate surface area is 129 Å². The lowest BCUT2D eigenvalue weighted by atomic mass is 10.1. The second kappa shape index (κ2) is 10.4. The van der Waals surface area contributed by atoms with Crippen LogP contribution in [0.5, 0.6) is 5.75 Å². The highest BCUT2D eigenvalue weighted by atomic mass is 16.9. The molecule has 7 nitrogen and oxygen atoms in total. The van der Waals surface area contributed by atoms with Crippen molar-refractivity contribution in [2.45, 2.75) is 45.6 Å². The van der Waals surface area contributed by atoms with Crippen LogP contribution in [0.25, 0.3) is 0 Å². The molecule has 0 radical (unpaired) electrons. The second-order valence-corrected chi connectivity index (χ2v) is 4.87. The van der Waals surface area contributed by atoms with E-state index in [1.54, 1.807) is 18.2 Å². The summed E-state index contributed by atoms with van der Waals surface area (Å²) in [5.74, 6) is 0.327. The fraction of sp³-hybridized carbons (Fsp3) is 0.533. The molecular weight excluding hydrogens is 288 g/mol. The minimum absolute atomic E-state index is 0.177. The third-order valence-corrected chi connectivity index (χ3v) is 3.00. The molecule has 0 aromatic heterocycles. The van der Waals surface area contributed by atoms with Gasteiger partial charge in [-0.15, -0.1) is 10.1 Å². The van der Waals surface area contributed by atoms with Crippen molar-refractivity contribution in [3.05, 3.63) is 39.9 Å². The van der Waals surface area contributed by atoms with E-state index in [1.807, 2.05) is 0 Å². The first-order valence-electron chi connectivity index (χ1n) is 7.43. The molecule has 7 heteroatoms. The summed E-state index contributed by atoms with van der Waals surface area (Å²) >= 11 is 0. The molecule has 0 saturated carbocycles. The van der Waals surface area contributed by atoms with Gasteiger partial charge in [-0.2, -0.15) is 0 Å². The van der Waals surface area contributed by atoms with E-state index in [0.717, 1.165) is 12.8 Å². The molecule has 0 spiro atoms. The minimum atomic E-state index is -0.862. The van der Waals surface area contributed by atoms with Gasteiger partial charge in [-0.05, 0) is 24.1 Å². The predicted molar refractivity (Wildman–Crippen MR) is 81.0 cm³/mol. The van der Waals surface area contributed by atoms with Crippen LogP contribution >= 0.6 is 0 Å². The summed E-state index contributed by atoms with van der Waals surface area (Å²) in [4.78, 5) is 26.0.